The maximum Gasteiger partial charge on any atom is 0.254 e. The number of carbonyl (C=O) groups excluding carboxylic acids is 2. The highest BCUT2D eigenvalue weighted by Crippen LogP contribution is 2.20. The molecule has 0 saturated carbocycles. The number of halogens is 2. The summed E-state index contributed by atoms with van der Waals surface area (Å²) in [6.07, 6.45) is 0. The lowest BCUT2D eigenvalue weighted by molar-refractivity contribution is -0.118. The Balaban J connectivity index is 2.14. The highest BCUT2D eigenvalue weighted by Gasteiger charge is 2.25. The Morgan fingerprint density at radius 2 is 1.80 bits per heavy atom. The second-order valence-corrected chi connectivity index (χ2v) is 6.98. The van der Waals surface area contributed by atoms with Gasteiger partial charge in [0.15, 0.2) is 0 Å². The lowest BCUT2D eigenvalue weighted by atomic mass is 10.0. The standard InChI is InChI=1S/C19H20BrFN2O2/c1-11(2)17(23-18(24)14-6-4-5-7-16(14)21)19(25)22-13-8-9-15(20)12(3)10-13/h4-11,17H,1-3H3,(H,22,25)(H,23,24)/t17-/m1/s1. The third-order valence-electron chi connectivity index (χ3n) is 3.78. The average Bonchev–Trinajstić information content (AvgIpc) is 2.55. The van der Waals surface area contributed by atoms with E-state index in [9.17, 15) is 14.0 Å². The quantitative estimate of drug-likeness (QED) is 0.777. The SMILES string of the molecule is Cc1cc(NC(=O)[C@H](NC(=O)c2ccccc2F)C(C)C)ccc1Br. The number of aryl methyl sites for hydroxylation is 1. The molecule has 2 aromatic carbocycles. The molecule has 0 heterocycles. The fourth-order valence-electron chi connectivity index (χ4n) is 2.34. The third kappa shape index (κ3) is 4.89. The Kier molecular flexibility index (Phi) is 6.31. The fourth-order valence-corrected chi connectivity index (χ4v) is 2.59. The molecule has 2 rings (SSSR count). The van der Waals surface area contributed by atoms with Crippen LogP contribution >= 0.6 is 15.9 Å². The van der Waals surface area contributed by atoms with Gasteiger partial charge in [0.05, 0.1) is 5.56 Å². The largest absolute Gasteiger partial charge is 0.340 e. The highest BCUT2D eigenvalue weighted by molar-refractivity contribution is 9.10. The topological polar surface area (TPSA) is 58.2 Å². The highest BCUT2D eigenvalue weighted by atomic mass is 79.9. The van der Waals surface area contributed by atoms with Crippen molar-refractivity contribution < 1.29 is 14.0 Å². The maximum absolute atomic E-state index is 13.8. The first-order valence-corrected chi connectivity index (χ1v) is 8.71. The Bertz CT molecular complexity index is 793. The molecule has 0 spiro atoms. The van der Waals surface area contributed by atoms with E-state index in [0.29, 0.717) is 5.69 Å². The van der Waals surface area contributed by atoms with Crippen molar-refractivity contribution in [3.8, 4) is 0 Å². The van der Waals surface area contributed by atoms with E-state index in [1.807, 2.05) is 32.9 Å². The molecular weight excluding hydrogens is 387 g/mol. The monoisotopic (exact) mass is 406 g/mol. The Labute approximate surface area is 154 Å². The zero-order valence-electron chi connectivity index (χ0n) is 14.3. The molecule has 0 saturated heterocycles. The van der Waals surface area contributed by atoms with Crippen LogP contribution in [0.2, 0.25) is 0 Å². The summed E-state index contributed by atoms with van der Waals surface area (Å²) >= 11 is 3.41. The fraction of sp³-hybridized carbons (Fsp3) is 0.263. The first-order valence-electron chi connectivity index (χ1n) is 7.92. The number of hydrogen-bond donors (Lipinski definition) is 2. The number of amides is 2. The predicted octanol–water partition coefficient (Wildman–Crippen LogP) is 4.29. The van der Waals surface area contributed by atoms with Crippen molar-refractivity contribution in [2.75, 3.05) is 5.32 Å². The van der Waals surface area contributed by atoms with Crippen LogP contribution in [0.1, 0.15) is 29.8 Å². The van der Waals surface area contributed by atoms with Gasteiger partial charge in [-0.15, -0.1) is 0 Å². The van der Waals surface area contributed by atoms with Crippen molar-refractivity contribution in [2.45, 2.75) is 26.8 Å². The lowest BCUT2D eigenvalue weighted by Gasteiger charge is -2.22. The van der Waals surface area contributed by atoms with Crippen molar-refractivity contribution in [3.63, 3.8) is 0 Å². The molecule has 2 N–H and O–H groups in total. The molecule has 0 aliphatic carbocycles. The van der Waals surface area contributed by atoms with Gasteiger partial charge in [0, 0.05) is 10.2 Å². The molecule has 1 atom stereocenters. The number of carbonyl (C=O) groups is 2. The van der Waals surface area contributed by atoms with Crippen LogP contribution in [0.25, 0.3) is 0 Å². The van der Waals surface area contributed by atoms with Gasteiger partial charge in [0.2, 0.25) is 5.91 Å². The number of rotatable bonds is 5. The van der Waals surface area contributed by atoms with Crippen molar-refractivity contribution in [3.05, 3.63) is 63.9 Å². The lowest BCUT2D eigenvalue weighted by Crippen LogP contribution is -2.47. The van der Waals surface area contributed by atoms with Crippen LogP contribution in [0, 0.1) is 18.7 Å². The Morgan fingerprint density at radius 3 is 2.40 bits per heavy atom. The number of benzene rings is 2. The van der Waals surface area contributed by atoms with Crippen molar-refractivity contribution in [2.24, 2.45) is 5.92 Å². The van der Waals surface area contributed by atoms with Gasteiger partial charge in [0.25, 0.3) is 5.91 Å². The summed E-state index contributed by atoms with van der Waals surface area (Å²) in [5.41, 5.74) is 1.53. The third-order valence-corrected chi connectivity index (χ3v) is 4.67. The molecule has 2 amide bonds. The molecule has 0 aromatic heterocycles. The van der Waals surface area contributed by atoms with E-state index < -0.39 is 17.8 Å². The van der Waals surface area contributed by atoms with Crippen molar-refractivity contribution in [1.82, 2.24) is 5.32 Å². The van der Waals surface area contributed by atoms with Crippen LogP contribution in [0.4, 0.5) is 10.1 Å². The summed E-state index contributed by atoms with van der Waals surface area (Å²) in [5, 5.41) is 5.41. The van der Waals surface area contributed by atoms with Gasteiger partial charge < -0.3 is 10.6 Å². The van der Waals surface area contributed by atoms with Crippen LogP contribution in [0.15, 0.2) is 46.9 Å². The minimum Gasteiger partial charge on any atom is -0.340 e. The van der Waals surface area contributed by atoms with E-state index >= 15 is 0 Å². The summed E-state index contributed by atoms with van der Waals surface area (Å²) in [6.45, 7) is 5.55. The van der Waals surface area contributed by atoms with E-state index in [2.05, 4.69) is 26.6 Å². The smallest absolute Gasteiger partial charge is 0.254 e. The summed E-state index contributed by atoms with van der Waals surface area (Å²) in [4.78, 5) is 24.9. The second kappa shape index (κ2) is 8.25. The van der Waals surface area contributed by atoms with Crippen LogP contribution in [0.3, 0.4) is 0 Å². The van der Waals surface area contributed by atoms with E-state index in [1.54, 1.807) is 12.1 Å². The molecule has 4 nitrogen and oxygen atoms in total. The normalized spacial score (nSPS) is 11.9. The molecule has 6 heteroatoms. The molecule has 0 fully saturated rings. The van der Waals surface area contributed by atoms with Crippen molar-refractivity contribution >= 4 is 33.4 Å². The van der Waals surface area contributed by atoms with E-state index in [1.165, 1.54) is 18.2 Å². The van der Waals surface area contributed by atoms with Gasteiger partial charge in [-0.05, 0) is 48.7 Å². The summed E-state index contributed by atoms with van der Waals surface area (Å²) in [5.74, 6) is -1.74. The number of anilines is 1. The van der Waals surface area contributed by atoms with E-state index in [0.717, 1.165) is 10.0 Å². The first-order chi connectivity index (χ1) is 11.8. The van der Waals surface area contributed by atoms with Crippen LogP contribution in [-0.4, -0.2) is 17.9 Å². The second-order valence-electron chi connectivity index (χ2n) is 6.13. The van der Waals surface area contributed by atoms with Gasteiger partial charge in [-0.1, -0.05) is 41.9 Å². The summed E-state index contributed by atoms with van der Waals surface area (Å²) in [7, 11) is 0. The Hall–Kier alpha value is -2.21. The molecule has 0 unspecified atom stereocenters. The van der Waals surface area contributed by atoms with Crippen LogP contribution in [0.5, 0.6) is 0 Å². The minimum atomic E-state index is -0.781. The molecule has 2 aromatic rings. The predicted molar refractivity (Wildman–Crippen MR) is 100 cm³/mol. The van der Waals surface area contributed by atoms with Crippen LogP contribution < -0.4 is 10.6 Å². The van der Waals surface area contributed by atoms with Gasteiger partial charge in [-0.25, -0.2) is 4.39 Å². The molecule has 25 heavy (non-hydrogen) atoms. The van der Waals surface area contributed by atoms with E-state index in [4.69, 9.17) is 0 Å². The van der Waals surface area contributed by atoms with E-state index in [-0.39, 0.29) is 17.4 Å². The summed E-state index contributed by atoms with van der Waals surface area (Å²) in [6, 6.07) is 10.3. The Morgan fingerprint density at radius 1 is 1.12 bits per heavy atom. The molecule has 132 valence electrons. The molecular formula is C19H20BrFN2O2. The molecule has 0 aliphatic rings. The maximum atomic E-state index is 13.8. The minimum absolute atomic E-state index is 0.0829. The van der Waals surface area contributed by atoms with Crippen LogP contribution in [-0.2, 0) is 4.79 Å². The average molecular weight is 407 g/mol. The zero-order chi connectivity index (χ0) is 18.6. The first kappa shape index (κ1) is 19.1. The summed E-state index contributed by atoms with van der Waals surface area (Å²) < 4.78 is 14.7. The number of nitrogens with one attached hydrogen (secondary N) is 2. The van der Waals surface area contributed by atoms with Gasteiger partial charge in [0.1, 0.15) is 11.9 Å². The number of hydrogen-bond acceptors (Lipinski definition) is 2. The molecule has 0 aliphatic heterocycles. The van der Waals surface area contributed by atoms with Gasteiger partial charge >= 0.3 is 0 Å². The molecule has 0 bridgehead atoms. The van der Waals surface area contributed by atoms with Gasteiger partial charge in [-0.3, -0.25) is 9.59 Å². The van der Waals surface area contributed by atoms with Gasteiger partial charge in [-0.2, -0.15) is 0 Å². The molecule has 0 radical (unpaired) electrons. The zero-order valence-corrected chi connectivity index (χ0v) is 15.9. The van der Waals surface area contributed by atoms with Crippen molar-refractivity contribution in [1.29, 1.82) is 0 Å².